The van der Waals surface area contributed by atoms with Crippen molar-refractivity contribution in [3.8, 4) is 11.5 Å². The molecule has 9 heteroatoms. The molecule has 1 saturated heterocycles. The predicted octanol–water partition coefficient (Wildman–Crippen LogP) is 2.44. The van der Waals surface area contributed by atoms with Gasteiger partial charge in [0.2, 0.25) is 11.8 Å². The van der Waals surface area contributed by atoms with Crippen LogP contribution in [-0.2, 0) is 9.59 Å². The molecule has 144 valence electrons. The van der Waals surface area contributed by atoms with E-state index in [4.69, 9.17) is 0 Å². The molecular formula is C19H18N4O4S. The Hall–Kier alpha value is -3.33. The number of phenolic OH excluding ortho intramolecular Hbond substituents is 2. The highest BCUT2D eigenvalue weighted by atomic mass is 32.2. The average molecular weight is 398 g/mol. The molecule has 3 rings (SSSR count). The number of para-hydroxylation sites is 1. The normalized spacial score (nSPS) is 18.2. The summed E-state index contributed by atoms with van der Waals surface area (Å²) < 4.78 is 0. The SMILES string of the molecule is C/C(=N/N=C1\NC(=O)[C@H](CC(=O)Nc2ccccc2)S1)c1ccc(O)cc1O. The zero-order valence-electron chi connectivity index (χ0n) is 14.9. The Morgan fingerprint density at radius 1 is 1.21 bits per heavy atom. The highest BCUT2D eigenvalue weighted by Gasteiger charge is 2.32. The van der Waals surface area contributed by atoms with Gasteiger partial charge in [0.25, 0.3) is 0 Å². The van der Waals surface area contributed by atoms with Crippen LogP contribution >= 0.6 is 11.8 Å². The minimum Gasteiger partial charge on any atom is -0.508 e. The first-order valence-electron chi connectivity index (χ1n) is 8.39. The molecule has 1 aliphatic rings. The molecule has 1 heterocycles. The first-order chi connectivity index (χ1) is 13.4. The van der Waals surface area contributed by atoms with Crippen molar-refractivity contribution in [1.82, 2.24) is 5.32 Å². The van der Waals surface area contributed by atoms with E-state index in [1.54, 1.807) is 19.1 Å². The number of rotatable bonds is 5. The monoisotopic (exact) mass is 398 g/mol. The average Bonchev–Trinajstić information content (AvgIpc) is 3.00. The fraction of sp³-hybridized carbons (Fsp3) is 0.158. The molecule has 0 radical (unpaired) electrons. The van der Waals surface area contributed by atoms with Crippen LogP contribution in [0.15, 0.2) is 58.7 Å². The van der Waals surface area contributed by atoms with Crippen LogP contribution < -0.4 is 10.6 Å². The van der Waals surface area contributed by atoms with Gasteiger partial charge in [-0.3, -0.25) is 9.59 Å². The quantitative estimate of drug-likeness (QED) is 0.455. The van der Waals surface area contributed by atoms with Crippen LogP contribution in [0.2, 0.25) is 0 Å². The highest BCUT2D eigenvalue weighted by molar-refractivity contribution is 8.15. The lowest BCUT2D eigenvalue weighted by Crippen LogP contribution is -2.28. The summed E-state index contributed by atoms with van der Waals surface area (Å²) in [5.41, 5.74) is 1.49. The fourth-order valence-corrected chi connectivity index (χ4v) is 3.41. The van der Waals surface area contributed by atoms with E-state index in [0.717, 1.165) is 11.8 Å². The number of benzene rings is 2. The summed E-state index contributed by atoms with van der Waals surface area (Å²) in [7, 11) is 0. The van der Waals surface area contributed by atoms with Gasteiger partial charge in [-0.05, 0) is 31.2 Å². The molecule has 0 aliphatic carbocycles. The van der Waals surface area contributed by atoms with Gasteiger partial charge in [-0.1, -0.05) is 30.0 Å². The van der Waals surface area contributed by atoms with Crippen LogP contribution in [0.4, 0.5) is 5.69 Å². The summed E-state index contributed by atoms with van der Waals surface area (Å²) in [6.07, 6.45) is 0.00581. The lowest BCUT2D eigenvalue weighted by atomic mass is 10.1. The third-order valence-corrected chi connectivity index (χ3v) is 4.94. The molecule has 0 spiro atoms. The minimum atomic E-state index is -0.597. The summed E-state index contributed by atoms with van der Waals surface area (Å²) in [6.45, 7) is 1.64. The molecule has 0 saturated carbocycles. The number of nitrogens with zero attached hydrogens (tertiary/aromatic N) is 2. The molecule has 1 aliphatic heterocycles. The van der Waals surface area contributed by atoms with Crippen LogP contribution in [0.3, 0.4) is 0 Å². The van der Waals surface area contributed by atoms with Crippen molar-refractivity contribution < 1.29 is 19.8 Å². The fourth-order valence-electron chi connectivity index (χ4n) is 2.49. The van der Waals surface area contributed by atoms with Gasteiger partial charge in [0.15, 0.2) is 5.17 Å². The summed E-state index contributed by atoms with van der Waals surface area (Å²) >= 11 is 1.12. The Balaban J connectivity index is 1.62. The van der Waals surface area contributed by atoms with Crippen LogP contribution in [0.1, 0.15) is 18.9 Å². The Labute approximate surface area is 165 Å². The smallest absolute Gasteiger partial charge is 0.240 e. The van der Waals surface area contributed by atoms with Gasteiger partial charge in [-0.25, -0.2) is 0 Å². The zero-order valence-corrected chi connectivity index (χ0v) is 15.7. The third kappa shape index (κ3) is 4.89. The number of hydrogen-bond donors (Lipinski definition) is 4. The van der Waals surface area contributed by atoms with E-state index >= 15 is 0 Å². The molecule has 1 atom stereocenters. The minimum absolute atomic E-state index is 0.00581. The van der Waals surface area contributed by atoms with Gasteiger partial charge >= 0.3 is 0 Å². The van der Waals surface area contributed by atoms with Gasteiger partial charge in [-0.2, -0.15) is 5.10 Å². The van der Waals surface area contributed by atoms with Crippen LogP contribution in [-0.4, -0.2) is 38.2 Å². The molecular weight excluding hydrogens is 380 g/mol. The van der Waals surface area contributed by atoms with Gasteiger partial charge in [0.05, 0.1) is 5.71 Å². The maximum atomic E-state index is 12.1. The number of carbonyl (C=O) groups excluding carboxylic acids is 2. The molecule has 2 aromatic rings. The van der Waals surface area contributed by atoms with Gasteiger partial charge in [0.1, 0.15) is 16.7 Å². The Bertz CT molecular complexity index is 960. The van der Waals surface area contributed by atoms with Gasteiger partial charge in [-0.15, -0.1) is 5.10 Å². The molecule has 28 heavy (non-hydrogen) atoms. The summed E-state index contributed by atoms with van der Waals surface area (Å²) in [6, 6.07) is 13.1. The van der Waals surface area contributed by atoms with E-state index in [2.05, 4.69) is 20.8 Å². The van der Waals surface area contributed by atoms with Crippen molar-refractivity contribution in [3.05, 3.63) is 54.1 Å². The topological polar surface area (TPSA) is 123 Å². The lowest BCUT2D eigenvalue weighted by Gasteiger charge is -2.06. The summed E-state index contributed by atoms with van der Waals surface area (Å²) in [5.74, 6) is -0.767. The van der Waals surface area contributed by atoms with Crippen molar-refractivity contribution in [2.45, 2.75) is 18.6 Å². The van der Waals surface area contributed by atoms with E-state index in [-0.39, 0.29) is 34.9 Å². The second-order valence-corrected chi connectivity index (χ2v) is 7.20. The van der Waals surface area contributed by atoms with Crippen molar-refractivity contribution in [3.63, 3.8) is 0 Å². The second kappa shape index (κ2) is 8.57. The number of nitrogens with one attached hydrogen (secondary N) is 2. The molecule has 8 nitrogen and oxygen atoms in total. The van der Waals surface area contributed by atoms with Crippen LogP contribution in [0.5, 0.6) is 11.5 Å². The first-order valence-corrected chi connectivity index (χ1v) is 9.27. The number of amides is 2. The molecule has 1 fully saturated rings. The van der Waals surface area contributed by atoms with Crippen molar-refractivity contribution in [1.29, 1.82) is 0 Å². The molecule has 0 aromatic heterocycles. The third-order valence-electron chi connectivity index (χ3n) is 3.87. The van der Waals surface area contributed by atoms with Crippen molar-refractivity contribution >= 4 is 40.1 Å². The number of anilines is 1. The Morgan fingerprint density at radius 2 is 1.96 bits per heavy atom. The number of aromatic hydroxyl groups is 2. The molecule has 2 aromatic carbocycles. The van der Waals surface area contributed by atoms with Gasteiger partial charge in [0, 0.05) is 23.7 Å². The lowest BCUT2D eigenvalue weighted by molar-refractivity contribution is -0.122. The second-order valence-electron chi connectivity index (χ2n) is 6.01. The molecule has 2 amide bonds. The van der Waals surface area contributed by atoms with Crippen LogP contribution in [0.25, 0.3) is 0 Å². The molecule has 0 bridgehead atoms. The maximum Gasteiger partial charge on any atom is 0.240 e. The summed E-state index contributed by atoms with van der Waals surface area (Å²) in [4.78, 5) is 24.2. The van der Waals surface area contributed by atoms with E-state index in [0.29, 0.717) is 17.0 Å². The van der Waals surface area contributed by atoms with Crippen LogP contribution in [0, 0.1) is 0 Å². The molecule has 4 N–H and O–H groups in total. The summed E-state index contributed by atoms with van der Waals surface area (Å²) in [5, 5.41) is 32.2. The number of carbonyl (C=O) groups is 2. The van der Waals surface area contributed by atoms with Crippen molar-refractivity contribution in [2.24, 2.45) is 10.2 Å². The number of amidine groups is 1. The Kier molecular flexibility index (Phi) is 5.95. The largest absolute Gasteiger partial charge is 0.508 e. The first kappa shape index (κ1) is 19.4. The number of thioether (sulfide) groups is 1. The van der Waals surface area contributed by atoms with Gasteiger partial charge < -0.3 is 20.8 Å². The highest BCUT2D eigenvalue weighted by Crippen LogP contribution is 2.25. The Morgan fingerprint density at radius 3 is 2.68 bits per heavy atom. The number of phenols is 2. The maximum absolute atomic E-state index is 12.1. The van der Waals surface area contributed by atoms with E-state index in [1.807, 2.05) is 18.2 Å². The zero-order chi connectivity index (χ0) is 20.1. The predicted molar refractivity (Wildman–Crippen MR) is 109 cm³/mol. The molecule has 0 unspecified atom stereocenters. The van der Waals surface area contributed by atoms with E-state index in [9.17, 15) is 19.8 Å². The van der Waals surface area contributed by atoms with E-state index in [1.165, 1.54) is 18.2 Å². The van der Waals surface area contributed by atoms with E-state index < -0.39 is 5.25 Å². The van der Waals surface area contributed by atoms with Crippen molar-refractivity contribution in [2.75, 3.05) is 5.32 Å². The standard InChI is InChI=1S/C19H18N4O4S/c1-11(14-8-7-13(24)9-15(14)25)22-23-19-21-18(27)16(28-19)10-17(26)20-12-5-3-2-4-6-12/h2-9,16,24-25H,10H2,1H3,(H,20,26)(H,21,23,27)/b22-11-/t16-/m0/s1. The number of hydrogen-bond acceptors (Lipinski definition) is 7.